The van der Waals surface area contributed by atoms with Gasteiger partial charge in [-0.05, 0) is 67.1 Å². The maximum atomic E-state index is 12.6. The van der Waals surface area contributed by atoms with Crippen molar-refractivity contribution < 1.29 is 14.3 Å². The molecule has 0 radical (unpaired) electrons. The van der Waals surface area contributed by atoms with Gasteiger partial charge in [-0.2, -0.15) is 5.10 Å². The molecule has 4 aromatic rings. The minimum absolute atomic E-state index is 0.367. The smallest absolute Gasteiger partial charge is 0.324 e. The van der Waals surface area contributed by atoms with E-state index in [1.54, 1.807) is 72.8 Å². The predicted molar refractivity (Wildman–Crippen MR) is 135 cm³/mol. The number of nitrogens with one attached hydrogen (secondary N) is 3. The summed E-state index contributed by atoms with van der Waals surface area (Å²) in [7, 11) is 1.70. The standard InChI is InChI=1S/C26H28N6O3/c1-34-19-18-28-14-10-20-2-6-22(7-3-20)32-25(13-17-29-32)31-26(33)30-21-4-8-23(9-5-21)35-24-11-15-27-16-12-24/h2-9,11-13,15-17,28H,10,14,18-19H2,1H3,(H2,30,31,33). The van der Waals surface area contributed by atoms with Crippen LogP contribution in [0.2, 0.25) is 0 Å². The maximum absolute atomic E-state index is 12.6. The number of hydrogen-bond acceptors (Lipinski definition) is 6. The van der Waals surface area contributed by atoms with Gasteiger partial charge in [-0.15, -0.1) is 0 Å². The van der Waals surface area contributed by atoms with Gasteiger partial charge in [-0.1, -0.05) is 12.1 Å². The van der Waals surface area contributed by atoms with E-state index in [1.165, 1.54) is 5.56 Å². The van der Waals surface area contributed by atoms with Crippen molar-refractivity contribution in [1.29, 1.82) is 0 Å². The third-order valence-corrected chi connectivity index (χ3v) is 5.14. The van der Waals surface area contributed by atoms with Crippen LogP contribution in [0.3, 0.4) is 0 Å². The molecule has 0 spiro atoms. The first kappa shape index (κ1) is 23.9. The van der Waals surface area contributed by atoms with Crippen LogP contribution in [0, 0.1) is 0 Å². The number of rotatable bonds is 11. The van der Waals surface area contributed by atoms with Crippen molar-refractivity contribution in [2.75, 3.05) is 37.4 Å². The molecule has 0 saturated carbocycles. The zero-order chi connectivity index (χ0) is 24.3. The van der Waals surface area contributed by atoms with Crippen LogP contribution in [-0.4, -0.2) is 47.6 Å². The fourth-order valence-corrected chi connectivity index (χ4v) is 3.37. The summed E-state index contributed by atoms with van der Waals surface area (Å²) in [6.07, 6.45) is 5.90. The predicted octanol–water partition coefficient (Wildman–Crippen LogP) is 4.48. The Morgan fingerprint density at radius 2 is 1.60 bits per heavy atom. The summed E-state index contributed by atoms with van der Waals surface area (Å²) in [6, 6.07) is 20.2. The van der Waals surface area contributed by atoms with Gasteiger partial charge in [-0.3, -0.25) is 10.3 Å². The quantitative estimate of drug-likeness (QED) is 0.278. The molecule has 4 rings (SSSR count). The van der Waals surface area contributed by atoms with E-state index in [0.717, 1.165) is 25.2 Å². The van der Waals surface area contributed by atoms with Gasteiger partial charge in [0.1, 0.15) is 17.3 Å². The van der Waals surface area contributed by atoms with E-state index in [2.05, 4.69) is 38.2 Å². The summed E-state index contributed by atoms with van der Waals surface area (Å²) in [4.78, 5) is 16.5. The average Bonchev–Trinajstić information content (AvgIpc) is 3.34. The molecule has 0 fully saturated rings. The van der Waals surface area contributed by atoms with Gasteiger partial charge < -0.3 is 20.1 Å². The maximum Gasteiger partial charge on any atom is 0.324 e. The van der Waals surface area contributed by atoms with Crippen LogP contribution in [-0.2, 0) is 11.2 Å². The molecule has 0 unspecified atom stereocenters. The highest BCUT2D eigenvalue weighted by atomic mass is 16.5. The van der Waals surface area contributed by atoms with Crippen molar-refractivity contribution >= 4 is 17.5 Å². The molecule has 9 nitrogen and oxygen atoms in total. The molecule has 2 amide bonds. The molecule has 35 heavy (non-hydrogen) atoms. The Balaban J connectivity index is 1.30. The first-order chi connectivity index (χ1) is 17.2. The highest BCUT2D eigenvalue weighted by molar-refractivity contribution is 5.99. The lowest BCUT2D eigenvalue weighted by molar-refractivity contribution is 0.199. The van der Waals surface area contributed by atoms with Gasteiger partial charge in [0.05, 0.1) is 18.5 Å². The Morgan fingerprint density at radius 1 is 0.857 bits per heavy atom. The number of pyridine rings is 1. The lowest BCUT2D eigenvalue weighted by atomic mass is 10.1. The number of aromatic nitrogens is 3. The second kappa shape index (κ2) is 12.3. The zero-order valence-corrected chi connectivity index (χ0v) is 19.5. The van der Waals surface area contributed by atoms with E-state index in [-0.39, 0.29) is 6.03 Å². The van der Waals surface area contributed by atoms with E-state index in [0.29, 0.717) is 29.6 Å². The molecule has 0 aliphatic heterocycles. The fraction of sp³-hybridized carbons (Fsp3) is 0.192. The molecular formula is C26H28N6O3. The van der Waals surface area contributed by atoms with Crippen LogP contribution in [0.4, 0.5) is 16.3 Å². The number of benzene rings is 2. The van der Waals surface area contributed by atoms with E-state index in [9.17, 15) is 4.79 Å². The second-order valence-corrected chi connectivity index (χ2v) is 7.68. The van der Waals surface area contributed by atoms with Gasteiger partial charge in [0.25, 0.3) is 0 Å². The van der Waals surface area contributed by atoms with Crippen molar-refractivity contribution in [3.63, 3.8) is 0 Å². The zero-order valence-electron chi connectivity index (χ0n) is 19.5. The summed E-state index contributed by atoms with van der Waals surface area (Å²) < 4.78 is 12.5. The van der Waals surface area contributed by atoms with Crippen LogP contribution in [0.15, 0.2) is 85.3 Å². The summed E-state index contributed by atoms with van der Waals surface area (Å²) in [5, 5.41) is 13.4. The van der Waals surface area contributed by atoms with Crippen LogP contribution in [0.5, 0.6) is 11.5 Å². The van der Waals surface area contributed by atoms with Crippen LogP contribution in [0.25, 0.3) is 5.69 Å². The van der Waals surface area contributed by atoms with Crippen LogP contribution < -0.4 is 20.7 Å². The molecular weight excluding hydrogens is 444 g/mol. The van der Waals surface area contributed by atoms with Crippen molar-refractivity contribution in [2.45, 2.75) is 6.42 Å². The lowest BCUT2D eigenvalue weighted by Gasteiger charge is -2.11. The van der Waals surface area contributed by atoms with E-state index >= 15 is 0 Å². The minimum atomic E-state index is -0.367. The summed E-state index contributed by atoms with van der Waals surface area (Å²) in [5.74, 6) is 1.92. The molecule has 2 heterocycles. The monoisotopic (exact) mass is 472 g/mol. The Morgan fingerprint density at radius 3 is 2.34 bits per heavy atom. The topological polar surface area (TPSA) is 102 Å². The molecule has 0 aliphatic rings. The third-order valence-electron chi connectivity index (χ3n) is 5.14. The van der Waals surface area contributed by atoms with E-state index in [1.807, 2.05) is 12.1 Å². The number of carbonyl (C=O) groups is 1. The van der Waals surface area contributed by atoms with Gasteiger partial charge in [0.2, 0.25) is 0 Å². The summed E-state index contributed by atoms with van der Waals surface area (Å²) in [5.41, 5.74) is 2.72. The van der Waals surface area contributed by atoms with Gasteiger partial charge in [0, 0.05) is 37.8 Å². The number of amides is 2. The number of ether oxygens (including phenoxy) is 2. The number of hydrogen-bond donors (Lipinski definition) is 3. The number of methoxy groups -OCH3 is 1. The Labute approximate surface area is 204 Å². The molecule has 0 bridgehead atoms. The normalized spacial score (nSPS) is 10.7. The Bertz CT molecular complexity index is 1190. The number of urea groups is 1. The Hall–Kier alpha value is -4.21. The second-order valence-electron chi connectivity index (χ2n) is 7.68. The van der Waals surface area contributed by atoms with Crippen molar-refractivity contribution in [3.8, 4) is 17.2 Å². The Kier molecular flexibility index (Phi) is 8.42. The van der Waals surface area contributed by atoms with E-state index < -0.39 is 0 Å². The summed E-state index contributed by atoms with van der Waals surface area (Å²) >= 11 is 0. The van der Waals surface area contributed by atoms with Gasteiger partial charge in [-0.25, -0.2) is 9.48 Å². The highest BCUT2D eigenvalue weighted by Crippen LogP contribution is 2.22. The fourth-order valence-electron chi connectivity index (χ4n) is 3.37. The van der Waals surface area contributed by atoms with Gasteiger partial charge in [0.15, 0.2) is 0 Å². The van der Waals surface area contributed by atoms with Crippen LogP contribution in [0.1, 0.15) is 5.56 Å². The van der Waals surface area contributed by atoms with Crippen molar-refractivity contribution in [3.05, 3.63) is 90.9 Å². The number of carbonyl (C=O) groups excluding carboxylic acids is 1. The van der Waals surface area contributed by atoms with Crippen molar-refractivity contribution in [1.82, 2.24) is 20.1 Å². The molecule has 2 aromatic heterocycles. The molecule has 0 atom stereocenters. The molecule has 0 saturated heterocycles. The minimum Gasteiger partial charge on any atom is -0.457 e. The number of anilines is 2. The first-order valence-electron chi connectivity index (χ1n) is 11.3. The highest BCUT2D eigenvalue weighted by Gasteiger charge is 2.09. The lowest BCUT2D eigenvalue weighted by Crippen LogP contribution is -2.21. The van der Waals surface area contributed by atoms with Gasteiger partial charge >= 0.3 is 6.03 Å². The first-order valence-corrected chi connectivity index (χ1v) is 11.3. The molecule has 180 valence electrons. The number of nitrogens with zero attached hydrogens (tertiary/aromatic N) is 3. The SMILES string of the molecule is COCCNCCc1ccc(-n2nccc2NC(=O)Nc2ccc(Oc3ccncc3)cc2)cc1. The molecule has 9 heteroatoms. The molecule has 2 aromatic carbocycles. The largest absolute Gasteiger partial charge is 0.457 e. The summed E-state index contributed by atoms with van der Waals surface area (Å²) in [6.45, 7) is 2.42. The molecule has 0 aliphatic carbocycles. The molecule has 3 N–H and O–H groups in total. The average molecular weight is 473 g/mol. The van der Waals surface area contributed by atoms with E-state index in [4.69, 9.17) is 9.47 Å². The third kappa shape index (κ3) is 7.13. The van der Waals surface area contributed by atoms with Crippen molar-refractivity contribution in [2.24, 2.45) is 0 Å². The van der Waals surface area contributed by atoms with Crippen LogP contribution >= 0.6 is 0 Å².